The van der Waals surface area contributed by atoms with Gasteiger partial charge in [0.05, 0.1) is 8.66 Å². The molecule has 1 rings (SSSR count). The molecular weight excluding hydrogens is 262 g/mol. The first-order valence-electron chi connectivity index (χ1n) is 4.30. The zero-order valence-corrected chi connectivity index (χ0v) is 10.3. The lowest BCUT2D eigenvalue weighted by molar-refractivity contribution is 0.0944. The second-order valence-electron chi connectivity index (χ2n) is 3.00. The van der Waals surface area contributed by atoms with Gasteiger partial charge in [0.1, 0.15) is 0 Å². The monoisotopic (exact) mass is 273 g/mol. The zero-order valence-electron chi connectivity index (χ0n) is 7.92. The fourth-order valence-corrected chi connectivity index (χ4v) is 2.33. The average Bonchev–Trinajstić information content (AvgIpc) is 2.52. The van der Waals surface area contributed by atoms with E-state index in [1.165, 1.54) is 11.3 Å². The predicted octanol–water partition coefficient (Wildman–Crippen LogP) is 3.21. The van der Waals surface area contributed by atoms with E-state index in [2.05, 4.69) is 27.8 Å². The number of carbonyl (C=O) groups excluding carboxylic acids is 1. The first-order chi connectivity index (χ1) is 6.63. The Hall–Kier alpha value is -0.610. The minimum absolute atomic E-state index is 0.0185. The molecule has 0 spiro atoms. The van der Waals surface area contributed by atoms with Crippen LogP contribution in [0.15, 0.2) is 28.6 Å². The van der Waals surface area contributed by atoms with Crippen LogP contribution in [0.3, 0.4) is 0 Å². The Balaban J connectivity index is 2.54. The van der Waals surface area contributed by atoms with Gasteiger partial charge in [0.25, 0.3) is 5.91 Å². The van der Waals surface area contributed by atoms with E-state index < -0.39 is 0 Å². The third-order valence-electron chi connectivity index (χ3n) is 1.69. The summed E-state index contributed by atoms with van der Waals surface area (Å²) in [5.74, 6) is -0.0185. The molecule has 2 nitrogen and oxygen atoms in total. The van der Waals surface area contributed by atoms with Crippen molar-refractivity contribution in [3.05, 3.63) is 33.5 Å². The van der Waals surface area contributed by atoms with Gasteiger partial charge in [0.15, 0.2) is 0 Å². The standard InChI is InChI=1S/C10H12BrNOS/c1-3-4-7(2)12-10(13)8-5-6-9(11)14-8/h3,5-7H,1,4H2,2H3,(H,12,13). The fourth-order valence-electron chi connectivity index (χ4n) is 1.04. The molecular formula is C10H12BrNOS. The summed E-state index contributed by atoms with van der Waals surface area (Å²) in [5, 5.41) is 2.89. The van der Waals surface area contributed by atoms with E-state index in [0.717, 1.165) is 15.1 Å². The molecule has 14 heavy (non-hydrogen) atoms. The minimum Gasteiger partial charge on any atom is -0.349 e. The summed E-state index contributed by atoms with van der Waals surface area (Å²) in [6.07, 6.45) is 2.59. The Kier molecular flexibility index (Phi) is 4.35. The van der Waals surface area contributed by atoms with Gasteiger partial charge >= 0.3 is 0 Å². The SMILES string of the molecule is C=CCC(C)NC(=O)c1ccc(Br)s1. The highest BCUT2D eigenvalue weighted by Gasteiger charge is 2.10. The number of carbonyl (C=O) groups is 1. The second-order valence-corrected chi connectivity index (χ2v) is 5.47. The molecule has 0 bridgehead atoms. The van der Waals surface area contributed by atoms with E-state index in [1.54, 1.807) is 6.08 Å². The summed E-state index contributed by atoms with van der Waals surface area (Å²) in [6, 6.07) is 3.82. The normalized spacial score (nSPS) is 12.1. The Morgan fingerprint density at radius 1 is 1.79 bits per heavy atom. The molecule has 0 aliphatic rings. The molecule has 1 atom stereocenters. The van der Waals surface area contributed by atoms with Crippen LogP contribution in [0.2, 0.25) is 0 Å². The molecule has 0 aromatic carbocycles. The summed E-state index contributed by atoms with van der Waals surface area (Å²) in [6.45, 7) is 5.59. The van der Waals surface area contributed by atoms with Gasteiger partial charge in [-0.05, 0) is 41.4 Å². The molecule has 4 heteroatoms. The van der Waals surface area contributed by atoms with Crippen molar-refractivity contribution in [2.75, 3.05) is 0 Å². The van der Waals surface area contributed by atoms with E-state index >= 15 is 0 Å². The van der Waals surface area contributed by atoms with Gasteiger partial charge < -0.3 is 5.32 Å². The smallest absolute Gasteiger partial charge is 0.261 e. The van der Waals surface area contributed by atoms with Crippen LogP contribution in [0.4, 0.5) is 0 Å². The van der Waals surface area contributed by atoms with Gasteiger partial charge in [0, 0.05) is 6.04 Å². The average molecular weight is 274 g/mol. The van der Waals surface area contributed by atoms with Crippen molar-refractivity contribution in [1.82, 2.24) is 5.32 Å². The third-order valence-corrected chi connectivity index (χ3v) is 3.32. The highest BCUT2D eigenvalue weighted by molar-refractivity contribution is 9.11. The van der Waals surface area contributed by atoms with Crippen LogP contribution >= 0.6 is 27.3 Å². The van der Waals surface area contributed by atoms with E-state index in [-0.39, 0.29) is 11.9 Å². The molecule has 1 amide bonds. The molecule has 0 radical (unpaired) electrons. The second kappa shape index (κ2) is 5.32. The van der Waals surface area contributed by atoms with Crippen molar-refractivity contribution in [3.63, 3.8) is 0 Å². The van der Waals surface area contributed by atoms with Crippen LogP contribution in [0.5, 0.6) is 0 Å². The highest BCUT2D eigenvalue weighted by atomic mass is 79.9. The number of hydrogen-bond acceptors (Lipinski definition) is 2. The number of hydrogen-bond donors (Lipinski definition) is 1. The van der Waals surface area contributed by atoms with Crippen LogP contribution in [-0.4, -0.2) is 11.9 Å². The molecule has 1 aromatic rings. The molecule has 1 heterocycles. The Bertz CT molecular complexity index is 335. The van der Waals surface area contributed by atoms with Crippen molar-refractivity contribution in [2.24, 2.45) is 0 Å². The van der Waals surface area contributed by atoms with Crippen LogP contribution in [0.25, 0.3) is 0 Å². The molecule has 0 saturated carbocycles. The first kappa shape index (κ1) is 11.5. The number of nitrogens with one attached hydrogen (secondary N) is 1. The van der Waals surface area contributed by atoms with Crippen molar-refractivity contribution in [1.29, 1.82) is 0 Å². The molecule has 0 aliphatic carbocycles. The first-order valence-corrected chi connectivity index (χ1v) is 5.91. The summed E-state index contributed by atoms with van der Waals surface area (Å²) in [5.41, 5.74) is 0. The number of amides is 1. The van der Waals surface area contributed by atoms with E-state index in [9.17, 15) is 4.79 Å². The van der Waals surface area contributed by atoms with Gasteiger partial charge in [-0.2, -0.15) is 0 Å². The van der Waals surface area contributed by atoms with Crippen LogP contribution in [0, 0.1) is 0 Å². The Morgan fingerprint density at radius 3 is 3.00 bits per heavy atom. The molecule has 0 saturated heterocycles. The van der Waals surface area contributed by atoms with E-state index in [1.807, 2.05) is 19.1 Å². The maximum absolute atomic E-state index is 11.6. The highest BCUT2D eigenvalue weighted by Crippen LogP contribution is 2.21. The van der Waals surface area contributed by atoms with Crippen LogP contribution < -0.4 is 5.32 Å². The van der Waals surface area contributed by atoms with Crippen molar-refractivity contribution in [3.8, 4) is 0 Å². The zero-order chi connectivity index (χ0) is 10.6. The number of halogens is 1. The molecule has 76 valence electrons. The van der Waals surface area contributed by atoms with Gasteiger partial charge in [-0.25, -0.2) is 0 Å². The molecule has 0 aliphatic heterocycles. The summed E-state index contributed by atoms with van der Waals surface area (Å²) in [7, 11) is 0. The number of rotatable bonds is 4. The quantitative estimate of drug-likeness (QED) is 0.839. The molecule has 1 aromatic heterocycles. The summed E-state index contributed by atoms with van der Waals surface area (Å²) < 4.78 is 0.971. The third kappa shape index (κ3) is 3.27. The number of thiophene rings is 1. The van der Waals surface area contributed by atoms with Gasteiger partial charge in [-0.15, -0.1) is 17.9 Å². The topological polar surface area (TPSA) is 29.1 Å². The van der Waals surface area contributed by atoms with E-state index in [4.69, 9.17) is 0 Å². The van der Waals surface area contributed by atoms with Gasteiger partial charge in [-0.1, -0.05) is 6.08 Å². The maximum Gasteiger partial charge on any atom is 0.261 e. The lowest BCUT2D eigenvalue weighted by Gasteiger charge is -2.09. The van der Waals surface area contributed by atoms with Crippen molar-refractivity contribution in [2.45, 2.75) is 19.4 Å². The fraction of sp³-hybridized carbons (Fsp3) is 0.300. The summed E-state index contributed by atoms with van der Waals surface area (Å²) in [4.78, 5) is 12.3. The Morgan fingerprint density at radius 2 is 2.50 bits per heavy atom. The molecule has 1 N–H and O–H groups in total. The van der Waals surface area contributed by atoms with E-state index in [0.29, 0.717) is 0 Å². The molecule has 1 unspecified atom stereocenters. The van der Waals surface area contributed by atoms with Crippen molar-refractivity contribution >= 4 is 33.2 Å². The minimum atomic E-state index is -0.0185. The van der Waals surface area contributed by atoms with Gasteiger partial charge in [0.2, 0.25) is 0 Å². The lowest BCUT2D eigenvalue weighted by Crippen LogP contribution is -2.31. The van der Waals surface area contributed by atoms with Crippen LogP contribution in [0.1, 0.15) is 23.0 Å². The van der Waals surface area contributed by atoms with Gasteiger partial charge in [-0.3, -0.25) is 4.79 Å². The summed E-state index contributed by atoms with van der Waals surface area (Å²) >= 11 is 4.75. The Labute approximate surface area is 96.2 Å². The lowest BCUT2D eigenvalue weighted by atomic mass is 10.2. The molecule has 0 fully saturated rings. The predicted molar refractivity (Wildman–Crippen MR) is 63.8 cm³/mol. The largest absolute Gasteiger partial charge is 0.349 e. The van der Waals surface area contributed by atoms with Crippen molar-refractivity contribution < 1.29 is 4.79 Å². The van der Waals surface area contributed by atoms with Crippen LogP contribution in [-0.2, 0) is 0 Å². The maximum atomic E-state index is 11.6.